The fourth-order valence-corrected chi connectivity index (χ4v) is 2.59. The Hall–Kier alpha value is -0.720. The molecule has 6 heteroatoms. The van der Waals surface area contributed by atoms with Crippen LogP contribution < -0.4 is 5.73 Å². The van der Waals surface area contributed by atoms with Crippen molar-refractivity contribution in [2.75, 3.05) is 19.5 Å². The van der Waals surface area contributed by atoms with Gasteiger partial charge in [-0.3, -0.25) is 0 Å². The van der Waals surface area contributed by atoms with Crippen molar-refractivity contribution in [2.45, 2.75) is 11.3 Å². The van der Waals surface area contributed by atoms with Crippen LogP contribution in [0.1, 0.15) is 12.0 Å². The van der Waals surface area contributed by atoms with Gasteiger partial charge in [-0.1, -0.05) is 21.1 Å². The number of nitrogens with two attached hydrogens (primary N) is 1. The molecule has 94 valence electrons. The van der Waals surface area contributed by atoms with Gasteiger partial charge in [0.05, 0.1) is 0 Å². The van der Waals surface area contributed by atoms with Gasteiger partial charge in [-0.15, -0.1) is 11.8 Å². The number of hydrogen-bond acceptors (Lipinski definition) is 4. The second-order valence-corrected chi connectivity index (χ2v) is 5.37. The SMILES string of the molecule is COCCCSc1ccc(Br)cc1/C(N)=N/O. The molecule has 0 atom stereocenters. The van der Waals surface area contributed by atoms with Crippen LogP contribution in [0, 0.1) is 0 Å². The smallest absolute Gasteiger partial charge is 0.171 e. The summed E-state index contributed by atoms with van der Waals surface area (Å²) in [5, 5.41) is 11.8. The van der Waals surface area contributed by atoms with E-state index in [1.165, 1.54) is 0 Å². The van der Waals surface area contributed by atoms with Gasteiger partial charge in [-0.25, -0.2) is 0 Å². The van der Waals surface area contributed by atoms with Crippen molar-refractivity contribution in [1.29, 1.82) is 0 Å². The minimum absolute atomic E-state index is 0.126. The summed E-state index contributed by atoms with van der Waals surface area (Å²) in [7, 11) is 1.69. The molecule has 1 aromatic carbocycles. The van der Waals surface area contributed by atoms with Crippen molar-refractivity contribution < 1.29 is 9.94 Å². The molecule has 0 bridgehead atoms. The van der Waals surface area contributed by atoms with E-state index in [1.807, 2.05) is 18.2 Å². The van der Waals surface area contributed by atoms with Gasteiger partial charge >= 0.3 is 0 Å². The van der Waals surface area contributed by atoms with Crippen LogP contribution in [0.4, 0.5) is 0 Å². The van der Waals surface area contributed by atoms with Gasteiger partial charge in [0.2, 0.25) is 0 Å². The molecule has 1 aromatic rings. The zero-order chi connectivity index (χ0) is 12.7. The van der Waals surface area contributed by atoms with Crippen LogP contribution in [0.25, 0.3) is 0 Å². The van der Waals surface area contributed by atoms with E-state index in [0.717, 1.165) is 33.7 Å². The largest absolute Gasteiger partial charge is 0.409 e. The Balaban J connectivity index is 2.76. The fourth-order valence-electron chi connectivity index (χ4n) is 1.27. The van der Waals surface area contributed by atoms with Crippen LogP contribution in [-0.4, -0.2) is 30.5 Å². The Bertz CT molecular complexity index is 399. The van der Waals surface area contributed by atoms with E-state index >= 15 is 0 Å². The lowest BCUT2D eigenvalue weighted by Gasteiger charge is -2.08. The van der Waals surface area contributed by atoms with Crippen LogP contribution in [0.2, 0.25) is 0 Å². The van der Waals surface area contributed by atoms with Gasteiger partial charge in [0.25, 0.3) is 0 Å². The third-order valence-electron chi connectivity index (χ3n) is 2.08. The van der Waals surface area contributed by atoms with Crippen molar-refractivity contribution >= 4 is 33.5 Å². The quantitative estimate of drug-likeness (QED) is 0.211. The lowest BCUT2D eigenvalue weighted by Crippen LogP contribution is -2.14. The first-order valence-electron chi connectivity index (χ1n) is 5.08. The van der Waals surface area contributed by atoms with Gasteiger partial charge in [0.15, 0.2) is 5.84 Å². The molecule has 0 aliphatic rings. The zero-order valence-corrected chi connectivity index (χ0v) is 11.9. The van der Waals surface area contributed by atoms with E-state index in [4.69, 9.17) is 15.7 Å². The highest BCUT2D eigenvalue weighted by Gasteiger charge is 2.08. The number of halogens is 1. The van der Waals surface area contributed by atoms with Gasteiger partial charge < -0.3 is 15.7 Å². The molecule has 0 saturated heterocycles. The molecule has 0 heterocycles. The number of ether oxygens (including phenoxy) is 1. The Morgan fingerprint density at radius 1 is 1.59 bits per heavy atom. The zero-order valence-electron chi connectivity index (χ0n) is 9.52. The molecule has 17 heavy (non-hydrogen) atoms. The summed E-state index contributed by atoms with van der Waals surface area (Å²) in [6.45, 7) is 0.739. The molecular weight excluding hydrogens is 304 g/mol. The maximum atomic E-state index is 8.73. The van der Waals surface area contributed by atoms with Crippen LogP contribution in [0.3, 0.4) is 0 Å². The number of rotatable bonds is 6. The first kappa shape index (κ1) is 14.3. The monoisotopic (exact) mass is 318 g/mol. The van der Waals surface area contributed by atoms with E-state index in [9.17, 15) is 0 Å². The van der Waals surface area contributed by atoms with E-state index in [-0.39, 0.29) is 5.84 Å². The second-order valence-electron chi connectivity index (χ2n) is 3.32. The third kappa shape index (κ3) is 4.57. The molecule has 0 amide bonds. The molecule has 0 spiro atoms. The van der Waals surface area contributed by atoms with Crippen LogP contribution in [-0.2, 0) is 4.74 Å². The molecule has 0 aliphatic carbocycles. The number of amidine groups is 1. The molecule has 0 aromatic heterocycles. The summed E-state index contributed by atoms with van der Waals surface area (Å²) in [4.78, 5) is 1.000. The maximum absolute atomic E-state index is 8.73. The highest BCUT2D eigenvalue weighted by molar-refractivity contribution is 9.10. The number of nitrogens with zero attached hydrogens (tertiary/aromatic N) is 1. The minimum atomic E-state index is 0.126. The molecule has 0 saturated carbocycles. The first-order valence-corrected chi connectivity index (χ1v) is 6.86. The Morgan fingerprint density at radius 2 is 2.35 bits per heavy atom. The third-order valence-corrected chi connectivity index (χ3v) is 3.73. The molecule has 0 radical (unpaired) electrons. The number of oxime groups is 1. The second kappa shape index (κ2) is 7.58. The van der Waals surface area contributed by atoms with E-state index in [1.54, 1.807) is 18.9 Å². The lowest BCUT2D eigenvalue weighted by molar-refractivity contribution is 0.200. The Kier molecular flexibility index (Phi) is 6.39. The predicted molar refractivity (Wildman–Crippen MR) is 73.9 cm³/mol. The van der Waals surface area contributed by atoms with Gasteiger partial charge in [0, 0.05) is 34.4 Å². The fraction of sp³-hybridized carbons (Fsp3) is 0.364. The van der Waals surface area contributed by atoms with Crippen LogP contribution in [0.5, 0.6) is 0 Å². The van der Waals surface area contributed by atoms with E-state index in [2.05, 4.69) is 21.1 Å². The van der Waals surface area contributed by atoms with E-state index < -0.39 is 0 Å². The normalized spacial score (nSPS) is 11.8. The minimum Gasteiger partial charge on any atom is -0.409 e. The number of benzene rings is 1. The summed E-state index contributed by atoms with van der Waals surface area (Å²) in [5.41, 5.74) is 6.38. The molecular formula is C11H15BrN2O2S. The number of methoxy groups -OCH3 is 1. The summed E-state index contributed by atoms with van der Waals surface area (Å²) < 4.78 is 5.89. The molecule has 0 unspecified atom stereocenters. The number of thioether (sulfide) groups is 1. The van der Waals surface area contributed by atoms with Crippen molar-refractivity contribution in [3.8, 4) is 0 Å². The molecule has 0 fully saturated rings. The van der Waals surface area contributed by atoms with Crippen LogP contribution >= 0.6 is 27.7 Å². The lowest BCUT2D eigenvalue weighted by atomic mass is 10.2. The summed E-state index contributed by atoms with van der Waals surface area (Å²) >= 11 is 5.03. The van der Waals surface area contributed by atoms with E-state index in [0.29, 0.717) is 0 Å². The van der Waals surface area contributed by atoms with Gasteiger partial charge in [-0.05, 0) is 24.6 Å². The molecule has 4 nitrogen and oxygen atoms in total. The average Bonchev–Trinajstić information content (AvgIpc) is 2.35. The maximum Gasteiger partial charge on any atom is 0.171 e. The number of hydrogen-bond donors (Lipinski definition) is 2. The highest BCUT2D eigenvalue weighted by Crippen LogP contribution is 2.26. The summed E-state index contributed by atoms with van der Waals surface area (Å²) in [6, 6.07) is 5.73. The molecule has 0 aliphatic heterocycles. The van der Waals surface area contributed by atoms with Crippen molar-refractivity contribution in [2.24, 2.45) is 10.9 Å². The van der Waals surface area contributed by atoms with Crippen molar-refractivity contribution in [3.63, 3.8) is 0 Å². The Labute approximate surface area is 113 Å². The predicted octanol–water partition coefficient (Wildman–Crippen LogP) is 2.67. The van der Waals surface area contributed by atoms with Gasteiger partial charge in [0.1, 0.15) is 0 Å². The Morgan fingerprint density at radius 3 is 3.00 bits per heavy atom. The van der Waals surface area contributed by atoms with Crippen LogP contribution in [0.15, 0.2) is 32.7 Å². The van der Waals surface area contributed by atoms with Crippen molar-refractivity contribution in [3.05, 3.63) is 28.2 Å². The molecule has 1 rings (SSSR count). The standard InChI is InChI=1S/C11H15BrN2O2S/c1-16-5-2-6-17-10-4-3-8(12)7-9(10)11(13)14-15/h3-4,7,15H,2,5-6H2,1H3,(H2,13,14). The summed E-state index contributed by atoms with van der Waals surface area (Å²) in [6.07, 6.45) is 0.965. The topological polar surface area (TPSA) is 67.8 Å². The molecule has 3 N–H and O–H groups in total. The van der Waals surface area contributed by atoms with Crippen molar-refractivity contribution in [1.82, 2.24) is 0 Å². The summed E-state index contributed by atoms with van der Waals surface area (Å²) in [5.74, 6) is 1.06. The first-order chi connectivity index (χ1) is 8.19. The highest BCUT2D eigenvalue weighted by atomic mass is 79.9. The average molecular weight is 319 g/mol. The van der Waals surface area contributed by atoms with Gasteiger partial charge in [-0.2, -0.15) is 0 Å².